The molecule has 1 atom stereocenters. The molecule has 1 aromatic carbocycles. The Morgan fingerprint density at radius 3 is 2.21 bits per heavy atom. The first-order valence-electron chi connectivity index (χ1n) is 7.74. The third-order valence-corrected chi connectivity index (χ3v) is 4.75. The van der Waals surface area contributed by atoms with Crippen molar-refractivity contribution in [2.45, 2.75) is 39.8 Å². The van der Waals surface area contributed by atoms with Crippen LogP contribution in [0.1, 0.15) is 43.1 Å². The van der Waals surface area contributed by atoms with Crippen LogP contribution in [0.3, 0.4) is 0 Å². The molecule has 1 aromatic rings. The van der Waals surface area contributed by atoms with Gasteiger partial charge in [0.25, 0.3) is 5.91 Å². The van der Waals surface area contributed by atoms with Gasteiger partial charge < -0.3 is 10.4 Å². The Hall–Kier alpha value is -1.93. The van der Waals surface area contributed by atoms with E-state index in [0.717, 1.165) is 0 Å². The highest BCUT2D eigenvalue weighted by atomic mass is 32.2. The molecule has 0 bridgehead atoms. The van der Waals surface area contributed by atoms with Crippen molar-refractivity contribution in [1.82, 2.24) is 10.0 Å². The molecule has 8 heteroatoms. The molecular weight excluding hydrogens is 332 g/mol. The lowest BCUT2D eigenvalue weighted by Gasteiger charge is -2.16. The fourth-order valence-electron chi connectivity index (χ4n) is 2.00. The molecule has 0 saturated carbocycles. The number of nitrogens with one attached hydrogen (secondary N) is 2. The van der Waals surface area contributed by atoms with Gasteiger partial charge in [0.05, 0.1) is 5.75 Å². The van der Waals surface area contributed by atoms with Gasteiger partial charge in [0, 0.05) is 12.1 Å². The van der Waals surface area contributed by atoms with Crippen LogP contribution in [0.25, 0.3) is 0 Å². The number of carbonyl (C=O) groups excluding carboxylic acids is 1. The average molecular weight is 356 g/mol. The number of amides is 1. The van der Waals surface area contributed by atoms with Gasteiger partial charge in [-0.3, -0.25) is 4.79 Å². The Balaban J connectivity index is 2.70. The molecule has 0 saturated heterocycles. The fourth-order valence-corrected chi connectivity index (χ4v) is 2.59. The van der Waals surface area contributed by atoms with Gasteiger partial charge in [-0.15, -0.1) is 0 Å². The number of aliphatic carboxylic acids is 1. The van der Waals surface area contributed by atoms with E-state index in [4.69, 9.17) is 5.11 Å². The average Bonchev–Trinajstić information content (AvgIpc) is 2.52. The lowest BCUT2D eigenvalue weighted by Crippen LogP contribution is -2.41. The van der Waals surface area contributed by atoms with Crippen LogP contribution in [-0.4, -0.2) is 37.2 Å². The topological polar surface area (TPSA) is 113 Å². The van der Waals surface area contributed by atoms with Crippen molar-refractivity contribution in [1.29, 1.82) is 0 Å². The Morgan fingerprint density at radius 1 is 1.17 bits per heavy atom. The highest BCUT2D eigenvalue weighted by Crippen LogP contribution is 2.08. The van der Waals surface area contributed by atoms with Crippen molar-refractivity contribution in [3.05, 3.63) is 35.4 Å². The predicted molar refractivity (Wildman–Crippen MR) is 91.1 cm³/mol. The minimum absolute atomic E-state index is 0.0000818. The summed E-state index contributed by atoms with van der Waals surface area (Å²) in [7, 11) is -3.28. The van der Waals surface area contributed by atoms with E-state index in [0.29, 0.717) is 17.5 Å². The van der Waals surface area contributed by atoms with Crippen molar-refractivity contribution >= 4 is 21.9 Å². The second-order valence-corrected chi connectivity index (χ2v) is 8.01. The van der Waals surface area contributed by atoms with E-state index in [2.05, 4.69) is 10.0 Å². The zero-order valence-electron chi connectivity index (χ0n) is 14.1. The molecule has 7 nitrogen and oxygen atoms in total. The lowest BCUT2D eigenvalue weighted by atomic mass is 10.0. The zero-order valence-corrected chi connectivity index (χ0v) is 14.9. The first kappa shape index (κ1) is 20.1. The number of carboxylic acids is 1. The molecule has 0 aliphatic carbocycles. The quantitative estimate of drug-likeness (QED) is 0.618. The van der Waals surface area contributed by atoms with E-state index < -0.39 is 27.9 Å². The summed E-state index contributed by atoms with van der Waals surface area (Å²) in [4.78, 5) is 23.3. The number of hydrogen-bond donors (Lipinski definition) is 3. The van der Waals surface area contributed by atoms with Crippen LogP contribution in [0, 0.1) is 5.92 Å². The number of hydrogen-bond acceptors (Lipinski definition) is 4. The van der Waals surface area contributed by atoms with Gasteiger partial charge in [0.15, 0.2) is 0 Å². The lowest BCUT2D eigenvalue weighted by molar-refractivity contribution is -0.139. The minimum atomic E-state index is -3.28. The van der Waals surface area contributed by atoms with Gasteiger partial charge in [0.2, 0.25) is 10.0 Å². The summed E-state index contributed by atoms with van der Waals surface area (Å²) in [6.07, 6.45) is 0.345. The largest absolute Gasteiger partial charge is 0.480 e. The first-order chi connectivity index (χ1) is 11.1. The molecule has 0 aromatic heterocycles. The van der Waals surface area contributed by atoms with Crippen LogP contribution in [0.15, 0.2) is 24.3 Å². The summed E-state index contributed by atoms with van der Waals surface area (Å²) in [5.74, 6) is -1.40. The predicted octanol–water partition coefficient (Wildman–Crippen LogP) is 1.35. The van der Waals surface area contributed by atoms with Gasteiger partial charge in [0.1, 0.15) is 6.04 Å². The van der Waals surface area contributed by atoms with Gasteiger partial charge >= 0.3 is 5.97 Å². The summed E-state index contributed by atoms with van der Waals surface area (Å²) in [6, 6.07) is 5.41. The molecule has 1 amide bonds. The summed E-state index contributed by atoms with van der Waals surface area (Å²) in [6.45, 7) is 5.46. The van der Waals surface area contributed by atoms with Crippen molar-refractivity contribution < 1.29 is 23.1 Å². The van der Waals surface area contributed by atoms with Crippen LogP contribution >= 0.6 is 0 Å². The van der Waals surface area contributed by atoms with E-state index in [1.54, 1.807) is 31.2 Å². The summed E-state index contributed by atoms with van der Waals surface area (Å²) in [5, 5.41) is 11.7. The number of benzene rings is 1. The SMILES string of the molecule is CCS(=O)(=O)NCc1ccc(C(=O)NC(CC(C)C)C(=O)O)cc1. The van der Waals surface area contributed by atoms with Crippen LogP contribution in [0.5, 0.6) is 0 Å². The second-order valence-electron chi connectivity index (χ2n) is 5.92. The fraction of sp³-hybridized carbons (Fsp3) is 0.500. The number of sulfonamides is 1. The van der Waals surface area contributed by atoms with Crippen LogP contribution in [0.4, 0.5) is 0 Å². The highest BCUT2D eigenvalue weighted by Gasteiger charge is 2.21. The normalized spacial score (nSPS) is 12.8. The van der Waals surface area contributed by atoms with Crippen molar-refractivity contribution in [3.63, 3.8) is 0 Å². The van der Waals surface area contributed by atoms with E-state index in [9.17, 15) is 18.0 Å². The molecule has 0 heterocycles. The first-order valence-corrected chi connectivity index (χ1v) is 9.39. The standard InChI is InChI=1S/C16H24N2O5S/c1-4-24(22,23)17-10-12-5-7-13(8-6-12)15(19)18-14(16(20)21)9-11(2)3/h5-8,11,14,17H,4,9-10H2,1-3H3,(H,18,19)(H,20,21). The molecule has 134 valence electrons. The molecule has 24 heavy (non-hydrogen) atoms. The molecule has 0 aliphatic rings. The van der Waals surface area contributed by atoms with Gasteiger partial charge in [-0.1, -0.05) is 26.0 Å². The molecule has 1 rings (SSSR count). The van der Waals surface area contributed by atoms with Crippen molar-refractivity contribution in [2.24, 2.45) is 5.92 Å². The minimum Gasteiger partial charge on any atom is -0.480 e. The number of rotatable bonds is 9. The van der Waals surface area contributed by atoms with Gasteiger partial charge in [-0.2, -0.15) is 0 Å². The third-order valence-electron chi connectivity index (χ3n) is 3.40. The Kier molecular flexibility index (Phi) is 7.37. The molecule has 0 fully saturated rings. The van der Waals surface area contributed by atoms with Crippen LogP contribution in [0.2, 0.25) is 0 Å². The Bertz CT molecular complexity index is 668. The van der Waals surface area contributed by atoms with E-state index in [-0.39, 0.29) is 18.2 Å². The number of carboxylic acid groups (broad SMARTS) is 1. The molecule has 1 unspecified atom stereocenters. The molecule has 0 radical (unpaired) electrons. The highest BCUT2D eigenvalue weighted by molar-refractivity contribution is 7.89. The van der Waals surface area contributed by atoms with Crippen LogP contribution < -0.4 is 10.0 Å². The monoisotopic (exact) mass is 356 g/mol. The van der Waals surface area contributed by atoms with Crippen LogP contribution in [-0.2, 0) is 21.4 Å². The Morgan fingerprint density at radius 2 is 1.75 bits per heavy atom. The molecular formula is C16H24N2O5S. The summed E-state index contributed by atoms with van der Waals surface area (Å²) >= 11 is 0. The molecule has 0 spiro atoms. The molecule has 3 N–H and O–H groups in total. The van der Waals surface area contributed by atoms with E-state index in [1.807, 2.05) is 13.8 Å². The zero-order chi connectivity index (χ0) is 18.3. The van der Waals surface area contributed by atoms with Gasteiger partial charge in [-0.25, -0.2) is 17.9 Å². The van der Waals surface area contributed by atoms with Crippen molar-refractivity contribution in [3.8, 4) is 0 Å². The number of carbonyl (C=O) groups is 2. The van der Waals surface area contributed by atoms with E-state index in [1.165, 1.54) is 0 Å². The van der Waals surface area contributed by atoms with Crippen molar-refractivity contribution in [2.75, 3.05) is 5.75 Å². The van der Waals surface area contributed by atoms with Gasteiger partial charge in [-0.05, 0) is 37.0 Å². The molecule has 0 aliphatic heterocycles. The Labute approximate surface area is 142 Å². The summed E-state index contributed by atoms with van der Waals surface area (Å²) < 4.78 is 25.2. The second kappa shape index (κ2) is 8.79. The summed E-state index contributed by atoms with van der Waals surface area (Å²) in [5.41, 5.74) is 1.03. The maximum Gasteiger partial charge on any atom is 0.326 e. The third kappa shape index (κ3) is 6.67. The maximum absolute atomic E-state index is 12.1. The maximum atomic E-state index is 12.1. The smallest absolute Gasteiger partial charge is 0.326 e. The van der Waals surface area contributed by atoms with E-state index >= 15 is 0 Å².